The molecular formula is C20H45FN2Si2. The second-order valence-corrected chi connectivity index (χ2v) is 22.3. The first-order chi connectivity index (χ1) is 10.5. The van der Waals surface area contributed by atoms with E-state index in [9.17, 15) is 0 Å². The number of hydrazone groups is 1. The van der Waals surface area contributed by atoms with Crippen molar-refractivity contribution < 1.29 is 4.11 Å². The first kappa shape index (κ1) is 24.8. The number of hydrogen-bond acceptors (Lipinski definition) is 2. The molecule has 0 saturated heterocycles. The minimum absolute atomic E-state index is 0.0233. The first-order valence-corrected chi connectivity index (χ1v) is 14.3. The van der Waals surface area contributed by atoms with Gasteiger partial charge in [-0.1, -0.05) is 96.2 Å². The lowest BCUT2D eigenvalue weighted by molar-refractivity contribution is 0.396. The summed E-state index contributed by atoms with van der Waals surface area (Å²) in [5.41, 5.74) is 0.950. The quantitative estimate of drug-likeness (QED) is 0.209. The van der Waals surface area contributed by atoms with Gasteiger partial charge in [0, 0.05) is 21.2 Å². The monoisotopic (exact) mass is 388 g/mol. The van der Waals surface area contributed by atoms with E-state index in [4.69, 9.17) is 5.10 Å². The SMILES string of the molecule is C/C(=N\N([Si](C)(C)C(C)(C)C)[Si](F)(C(C)(C)C)C(C)(C)C)C(C)(C)C. The van der Waals surface area contributed by atoms with E-state index >= 15 is 4.11 Å². The van der Waals surface area contributed by atoms with Crippen LogP contribution in [0.1, 0.15) is 90.0 Å². The summed E-state index contributed by atoms with van der Waals surface area (Å²) in [7, 11) is -5.66. The second-order valence-electron chi connectivity index (χ2n) is 12.2. The zero-order chi connectivity index (χ0) is 20.9. The highest BCUT2D eigenvalue weighted by Crippen LogP contribution is 2.57. The van der Waals surface area contributed by atoms with Gasteiger partial charge in [-0.15, -0.1) is 0 Å². The molecule has 0 heterocycles. The molecule has 0 atom stereocenters. The zero-order valence-corrected chi connectivity index (χ0v) is 21.8. The average molecular weight is 389 g/mol. The fraction of sp³-hybridized carbons (Fsp3) is 0.950. The van der Waals surface area contributed by atoms with E-state index in [1.165, 1.54) is 0 Å². The highest BCUT2D eigenvalue weighted by Gasteiger charge is 2.65. The molecule has 0 amide bonds. The Morgan fingerprint density at radius 3 is 1.24 bits per heavy atom. The molecule has 0 fully saturated rings. The standard InChI is InChI=1S/C20H45FN2Si2/c1-16(17(2,3)4)22-23(24(14,15)18(5,6)7)25(21,19(8,9)10)20(11,12)13/h1-15H3/b22-16+. The van der Waals surface area contributed by atoms with Crippen LogP contribution in [0.5, 0.6) is 0 Å². The molecule has 0 aliphatic carbocycles. The molecule has 0 aliphatic heterocycles. The molecule has 0 radical (unpaired) electrons. The Hall–Kier alpha value is -0.166. The highest BCUT2D eigenvalue weighted by molar-refractivity contribution is 6.92. The Bertz CT molecular complexity index is 484. The second kappa shape index (κ2) is 6.77. The summed E-state index contributed by atoms with van der Waals surface area (Å²) in [6.07, 6.45) is 0. The van der Waals surface area contributed by atoms with Crippen molar-refractivity contribution in [2.45, 2.75) is 118 Å². The fourth-order valence-corrected chi connectivity index (χ4v) is 13.9. The molecule has 0 aliphatic rings. The van der Waals surface area contributed by atoms with E-state index in [0.717, 1.165) is 5.71 Å². The van der Waals surface area contributed by atoms with Crippen molar-refractivity contribution >= 4 is 22.5 Å². The Labute approximate surface area is 160 Å². The van der Waals surface area contributed by atoms with Crippen molar-refractivity contribution in [2.24, 2.45) is 10.5 Å². The third-order valence-corrected chi connectivity index (χ3v) is 18.1. The van der Waals surface area contributed by atoms with E-state index in [2.05, 4.69) is 107 Å². The van der Waals surface area contributed by atoms with Crippen molar-refractivity contribution in [2.75, 3.05) is 0 Å². The molecule has 0 aromatic heterocycles. The van der Waals surface area contributed by atoms with E-state index < -0.39 is 26.9 Å². The molecule has 0 unspecified atom stereocenters. The van der Waals surface area contributed by atoms with Gasteiger partial charge in [-0.2, -0.15) is 0 Å². The smallest absolute Gasteiger partial charge is 0.321 e. The summed E-state index contributed by atoms with van der Waals surface area (Å²) in [6, 6.07) is 0. The first-order valence-electron chi connectivity index (χ1n) is 9.56. The third-order valence-electron chi connectivity index (χ3n) is 5.98. The van der Waals surface area contributed by atoms with Gasteiger partial charge in [-0.3, -0.25) is 4.11 Å². The molecule has 0 saturated carbocycles. The summed E-state index contributed by atoms with van der Waals surface area (Å²) < 4.78 is 19.3. The molecule has 0 N–H and O–H groups in total. The molecule has 0 spiro atoms. The average Bonchev–Trinajstić information content (AvgIpc) is 2.28. The van der Waals surface area contributed by atoms with Crippen molar-refractivity contribution in [3.63, 3.8) is 0 Å². The van der Waals surface area contributed by atoms with E-state index in [1.807, 2.05) is 0 Å². The topological polar surface area (TPSA) is 15.6 Å². The largest absolute Gasteiger partial charge is 0.367 e. The van der Waals surface area contributed by atoms with Crippen LogP contribution < -0.4 is 0 Å². The van der Waals surface area contributed by atoms with Crippen LogP contribution in [0.15, 0.2) is 5.10 Å². The minimum Gasteiger partial charge on any atom is -0.321 e. The summed E-state index contributed by atoms with van der Waals surface area (Å²) in [5, 5.41) is 4.26. The number of nitrogens with zero attached hydrogens (tertiary/aromatic N) is 2. The molecule has 0 aromatic rings. The fourth-order valence-electron chi connectivity index (χ4n) is 2.96. The normalized spacial score (nSPS) is 16.2. The molecule has 2 nitrogen and oxygen atoms in total. The van der Waals surface area contributed by atoms with Crippen LogP contribution in [0, 0.1) is 5.41 Å². The van der Waals surface area contributed by atoms with Crippen molar-refractivity contribution in [3.05, 3.63) is 0 Å². The van der Waals surface area contributed by atoms with Gasteiger partial charge in [0.05, 0.1) is 0 Å². The van der Waals surface area contributed by atoms with Gasteiger partial charge in [-0.05, 0) is 12.0 Å². The highest BCUT2D eigenvalue weighted by atomic mass is 28.4. The summed E-state index contributed by atoms with van der Waals surface area (Å²) in [5.74, 6) is 0. The van der Waals surface area contributed by atoms with Crippen molar-refractivity contribution in [3.8, 4) is 0 Å². The molecule has 5 heteroatoms. The maximum Gasteiger partial charge on any atom is 0.367 e. The zero-order valence-electron chi connectivity index (χ0n) is 19.8. The summed E-state index contributed by atoms with van der Waals surface area (Å²) >= 11 is 0. The minimum atomic E-state index is -3.46. The Kier molecular flexibility index (Phi) is 6.73. The van der Waals surface area contributed by atoms with Crippen LogP contribution in [0.25, 0.3) is 0 Å². The summed E-state index contributed by atoms with van der Waals surface area (Å²) in [6.45, 7) is 32.2. The van der Waals surface area contributed by atoms with Crippen LogP contribution >= 0.6 is 0 Å². The van der Waals surface area contributed by atoms with Crippen LogP contribution in [0.3, 0.4) is 0 Å². The number of rotatable bonds is 3. The third kappa shape index (κ3) is 4.76. The lowest BCUT2D eigenvalue weighted by atomic mass is 9.91. The van der Waals surface area contributed by atoms with Crippen molar-refractivity contribution in [1.29, 1.82) is 0 Å². The molecule has 25 heavy (non-hydrogen) atoms. The maximum atomic E-state index is 17.2. The Balaban J connectivity index is 6.91. The molecule has 0 rings (SSSR count). The van der Waals surface area contributed by atoms with Gasteiger partial charge in [0.25, 0.3) is 0 Å². The lowest BCUT2D eigenvalue weighted by Crippen LogP contribution is -2.70. The van der Waals surface area contributed by atoms with Gasteiger partial charge >= 0.3 is 8.57 Å². The number of halogens is 1. The van der Waals surface area contributed by atoms with Gasteiger partial charge in [0.15, 0.2) is 8.24 Å². The van der Waals surface area contributed by atoms with Crippen LogP contribution in [0.2, 0.25) is 28.2 Å². The maximum absolute atomic E-state index is 17.2. The lowest BCUT2D eigenvalue weighted by Gasteiger charge is -2.57. The predicted octanol–water partition coefficient (Wildman–Crippen LogP) is 7.73. The van der Waals surface area contributed by atoms with E-state index in [0.29, 0.717) is 0 Å². The van der Waals surface area contributed by atoms with Crippen molar-refractivity contribution in [1.82, 2.24) is 4.34 Å². The van der Waals surface area contributed by atoms with Gasteiger partial charge in [0.2, 0.25) is 0 Å². The predicted molar refractivity (Wildman–Crippen MR) is 118 cm³/mol. The summed E-state index contributed by atoms with van der Waals surface area (Å²) in [4.78, 5) is 0. The van der Waals surface area contributed by atoms with Gasteiger partial charge in [-0.25, -0.2) is 5.10 Å². The van der Waals surface area contributed by atoms with Crippen LogP contribution in [-0.2, 0) is 0 Å². The molecule has 0 aromatic carbocycles. The van der Waals surface area contributed by atoms with E-state index in [-0.39, 0.29) is 10.5 Å². The van der Waals surface area contributed by atoms with Crippen LogP contribution in [0.4, 0.5) is 4.11 Å². The van der Waals surface area contributed by atoms with Gasteiger partial charge < -0.3 is 4.34 Å². The number of hydrogen-bond donors (Lipinski definition) is 0. The molecular weight excluding hydrogens is 343 g/mol. The Morgan fingerprint density at radius 2 is 1.04 bits per heavy atom. The Morgan fingerprint density at radius 1 is 0.720 bits per heavy atom. The van der Waals surface area contributed by atoms with Gasteiger partial charge in [0.1, 0.15) is 0 Å². The molecule has 0 bridgehead atoms. The van der Waals surface area contributed by atoms with Crippen LogP contribution in [-0.4, -0.2) is 26.9 Å². The molecule has 150 valence electrons. The van der Waals surface area contributed by atoms with E-state index in [1.54, 1.807) is 0 Å².